The monoisotopic (exact) mass is 399 g/mol. The van der Waals surface area contributed by atoms with Crippen LogP contribution >= 0.6 is 11.6 Å². The summed E-state index contributed by atoms with van der Waals surface area (Å²) < 4.78 is 12.3. The molecule has 28 heavy (non-hydrogen) atoms. The zero-order chi connectivity index (χ0) is 19.9. The van der Waals surface area contributed by atoms with E-state index in [0.29, 0.717) is 41.7 Å². The average Bonchev–Trinajstić information content (AvgIpc) is 3.14. The van der Waals surface area contributed by atoms with E-state index in [0.717, 1.165) is 11.4 Å². The third-order valence-electron chi connectivity index (χ3n) is 4.18. The van der Waals surface area contributed by atoms with Gasteiger partial charge in [0.05, 0.1) is 34.8 Å². The van der Waals surface area contributed by atoms with Crippen molar-refractivity contribution in [3.63, 3.8) is 0 Å². The van der Waals surface area contributed by atoms with Gasteiger partial charge in [-0.1, -0.05) is 36.7 Å². The van der Waals surface area contributed by atoms with Gasteiger partial charge in [-0.05, 0) is 36.8 Å². The lowest BCUT2D eigenvalue weighted by molar-refractivity contribution is 0.102. The molecule has 1 heterocycles. The SMILES string of the molecule is CCc1c(C(=O)Nc2ccc(OCCOC)c(Cl)c2)cnn1-c1ccccc1. The fourth-order valence-corrected chi connectivity index (χ4v) is 3.06. The largest absolute Gasteiger partial charge is 0.490 e. The third kappa shape index (κ3) is 4.52. The molecule has 6 nitrogen and oxygen atoms in total. The van der Waals surface area contributed by atoms with E-state index in [1.165, 1.54) is 0 Å². The quantitative estimate of drug-likeness (QED) is 0.571. The molecule has 146 valence electrons. The van der Waals surface area contributed by atoms with Crippen molar-refractivity contribution in [2.45, 2.75) is 13.3 Å². The normalized spacial score (nSPS) is 10.7. The highest BCUT2D eigenvalue weighted by Gasteiger charge is 2.17. The fraction of sp³-hybridized carbons (Fsp3) is 0.238. The smallest absolute Gasteiger partial charge is 0.259 e. The van der Waals surface area contributed by atoms with Crippen LogP contribution < -0.4 is 10.1 Å². The van der Waals surface area contributed by atoms with Crippen molar-refractivity contribution in [2.75, 3.05) is 25.6 Å². The number of methoxy groups -OCH3 is 1. The van der Waals surface area contributed by atoms with Gasteiger partial charge in [0.2, 0.25) is 0 Å². The number of anilines is 1. The Labute approximate surface area is 169 Å². The number of carbonyl (C=O) groups is 1. The van der Waals surface area contributed by atoms with Crippen LogP contribution in [0.15, 0.2) is 54.7 Å². The Morgan fingerprint density at radius 1 is 1.18 bits per heavy atom. The Morgan fingerprint density at radius 3 is 2.64 bits per heavy atom. The first-order valence-corrected chi connectivity index (χ1v) is 9.36. The van der Waals surface area contributed by atoms with Crippen molar-refractivity contribution >= 4 is 23.2 Å². The highest BCUT2D eigenvalue weighted by atomic mass is 35.5. The molecule has 0 saturated carbocycles. The van der Waals surface area contributed by atoms with Crippen LogP contribution in [0.1, 0.15) is 23.0 Å². The lowest BCUT2D eigenvalue weighted by Crippen LogP contribution is -2.14. The summed E-state index contributed by atoms with van der Waals surface area (Å²) in [5, 5.41) is 7.69. The van der Waals surface area contributed by atoms with E-state index in [1.54, 1.807) is 36.2 Å². The highest BCUT2D eigenvalue weighted by molar-refractivity contribution is 6.32. The Kier molecular flexibility index (Phi) is 6.68. The van der Waals surface area contributed by atoms with Crippen LogP contribution in [0.25, 0.3) is 5.69 Å². The van der Waals surface area contributed by atoms with Crippen molar-refractivity contribution < 1.29 is 14.3 Å². The van der Waals surface area contributed by atoms with Crippen LogP contribution in [-0.2, 0) is 11.2 Å². The summed E-state index contributed by atoms with van der Waals surface area (Å²) in [6.07, 6.45) is 2.26. The molecule has 0 fully saturated rings. The zero-order valence-electron chi connectivity index (χ0n) is 15.8. The Hall–Kier alpha value is -2.83. The second kappa shape index (κ2) is 9.39. The van der Waals surface area contributed by atoms with Gasteiger partial charge in [-0.25, -0.2) is 4.68 Å². The lowest BCUT2D eigenvalue weighted by atomic mass is 10.1. The average molecular weight is 400 g/mol. The van der Waals surface area contributed by atoms with E-state index in [1.807, 2.05) is 37.3 Å². The first-order valence-electron chi connectivity index (χ1n) is 8.99. The molecule has 0 aliphatic rings. The molecule has 3 aromatic rings. The number of halogens is 1. The van der Waals surface area contributed by atoms with Gasteiger partial charge < -0.3 is 14.8 Å². The first kappa shape index (κ1) is 19.9. The number of para-hydroxylation sites is 1. The van der Waals surface area contributed by atoms with Gasteiger partial charge in [0.25, 0.3) is 5.91 Å². The molecule has 2 aromatic carbocycles. The highest BCUT2D eigenvalue weighted by Crippen LogP contribution is 2.28. The molecule has 1 aromatic heterocycles. The molecule has 1 N–H and O–H groups in total. The maximum Gasteiger partial charge on any atom is 0.259 e. The van der Waals surface area contributed by atoms with Crippen molar-refractivity contribution in [3.05, 3.63) is 71.0 Å². The van der Waals surface area contributed by atoms with Crippen LogP contribution in [0.3, 0.4) is 0 Å². The minimum Gasteiger partial charge on any atom is -0.490 e. The zero-order valence-corrected chi connectivity index (χ0v) is 16.6. The van der Waals surface area contributed by atoms with E-state index >= 15 is 0 Å². The standard InChI is InChI=1S/C21H22ClN3O3/c1-3-19-17(14-23-25(19)16-7-5-4-6-8-16)21(26)24-15-9-10-20(18(22)13-15)28-12-11-27-2/h4-10,13-14H,3,11-12H2,1-2H3,(H,24,26). The van der Waals surface area contributed by atoms with Gasteiger partial charge in [0.15, 0.2) is 0 Å². The number of rotatable bonds is 8. The Balaban J connectivity index is 1.76. The van der Waals surface area contributed by atoms with Crippen LogP contribution in [0.2, 0.25) is 5.02 Å². The topological polar surface area (TPSA) is 65.4 Å². The summed E-state index contributed by atoms with van der Waals surface area (Å²) in [5.41, 5.74) is 2.87. The number of benzene rings is 2. The minimum atomic E-state index is -0.233. The molecule has 0 saturated heterocycles. The second-order valence-corrected chi connectivity index (χ2v) is 6.45. The summed E-state index contributed by atoms with van der Waals surface area (Å²) in [5.74, 6) is 0.311. The molecule has 0 spiro atoms. The summed E-state index contributed by atoms with van der Waals surface area (Å²) in [6, 6.07) is 14.9. The first-order chi connectivity index (χ1) is 13.6. The van der Waals surface area contributed by atoms with Crippen LogP contribution in [0.5, 0.6) is 5.75 Å². The third-order valence-corrected chi connectivity index (χ3v) is 4.48. The molecule has 0 radical (unpaired) electrons. The minimum absolute atomic E-state index is 0.233. The molecule has 0 unspecified atom stereocenters. The second-order valence-electron chi connectivity index (χ2n) is 6.05. The molecule has 0 atom stereocenters. The lowest BCUT2D eigenvalue weighted by Gasteiger charge is -2.11. The number of hydrogen-bond donors (Lipinski definition) is 1. The number of aromatic nitrogens is 2. The number of nitrogens with one attached hydrogen (secondary N) is 1. The summed E-state index contributed by atoms with van der Waals surface area (Å²) in [6.45, 7) is 2.87. The molecule has 0 bridgehead atoms. The maximum absolute atomic E-state index is 12.8. The number of nitrogens with zero attached hydrogens (tertiary/aromatic N) is 2. The van der Waals surface area contributed by atoms with Gasteiger partial charge in [-0.2, -0.15) is 5.10 Å². The number of hydrogen-bond acceptors (Lipinski definition) is 4. The van der Waals surface area contributed by atoms with Crippen molar-refractivity contribution in [2.24, 2.45) is 0 Å². The van der Waals surface area contributed by atoms with Gasteiger partial charge in [0, 0.05) is 12.8 Å². The number of carbonyl (C=O) groups excluding carboxylic acids is 1. The maximum atomic E-state index is 12.8. The van der Waals surface area contributed by atoms with E-state index in [9.17, 15) is 4.79 Å². The molecular weight excluding hydrogens is 378 g/mol. The molecule has 0 aliphatic heterocycles. The van der Waals surface area contributed by atoms with Crippen LogP contribution in [0.4, 0.5) is 5.69 Å². The van der Waals surface area contributed by atoms with E-state index < -0.39 is 0 Å². The number of ether oxygens (including phenoxy) is 2. The van der Waals surface area contributed by atoms with Crippen molar-refractivity contribution in [3.8, 4) is 11.4 Å². The molecule has 3 rings (SSSR count). The van der Waals surface area contributed by atoms with Gasteiger partial charge in [-0.3, -0.25) is 4.79 Å². The van der Waals surface area contributed by atoms with E-state index in [-0.39, 0.29) is 5.91 Å². The van der Waals surface area contributed by atoms with E-state index in [4.69, 9.17) is 21.1 Å². The summed E-state index contributed by atoms with van der Waals surface area (Å²) in [4.78, 5) is 12.8. The van der Waals surface area contributed by atoms with Gasteiger partial charge >= 0.3 is 0 Å². The number of amides is 1. The predicted octanol–water partition coefficient (Wildman–Crippen LogP) is 4.37. The van der Waals surface area contributed by atoms with Crippen LogP contribution in [0, 0.1) is 0 Å². The van der Waals surface area contributed by atoms with Crippen LogP contribution in [-0.4, -0.2) is 36.0 Å². The Bertz CT molecular complexity index is 941. The van der Waals surface area contributed by atoms with Crippen molar-refractivity contribution in [1.82, 2.24) is 9.78 Å². The summed E-state index contributed by atoms with van der Waals surface area (Å²) in [7, 11) is 1.61. The molecule has 1 amide bonds. The van der Waals surface area contributed by atoms with Crippen molar-refractivity contribution in [1.29, 1.82) is 0 Å². The molecular formula is C21H22ClN3O3. The van der Waals surface area contributed by atoms with E-state index in [2.05, 4.69) is 10.4 Å². The van der Waals surface area contributed by atoms with Gasteiger partial charge in [-0.15, -0.1) is 0 Å². The Morgan fingerprint density at radius 2 is 1.96 bits per heavy atom. The predicted molar refractivity (Wildman–Crippen MR) is 110 cm³/mol. The molecule has 7 heteroatoms. The molecule has 0 aliphatic carbocycles. The van der Waals surface area contributed by atoms with Gasteiger partial charge in [0.1, 0.15) is 12.4 Å². The fourth-order valence-electron chi connectivity index (χ4n) is 2.82. The summed E-state index contributed by atoms with van der Waals surface area (Å²) >= 11 is 6.25.